The average molecular weight is 511 g/mol. The largest absolute Gasteiger partial charge is 0.465 e. The summed E-state index contributed by atoms with van der Waals surface area (Å²) in [5.41, 5.74) is -6.31. The number of esters is 1. The summed E-state index contributed by atoms with van der Waals surface area (Å²) in [5, 5.41) is 11.1. The van der Waals surface area contributed by atoms with E-state index in [4.69, 9.17) is 4.74 Å². The van der Waals surface area contributed by atoms with Crippen LogP contribution in [-0.4, -0.2) is 46.5 Å². The van der Waals surface area contributed by atoms with Gasteiger partial charge in [0.1, 0.15) is 6.17 Å². The Morgan fingerprint density at radius 1 is 1.26 bits per heavy atom. The first-order chi connectivity index (χ1) is 16.2. The van der Waals surface area contributed by atoms with E-state index in [1.54, 1.807) is 13.8 Å². The third-order valence-electron chi connectivity index (χ3n) is 10.3. The predicted molar refractivity (Wildman–Crippen MR) is 130 cm³/mol. The normalized spacial score (nSPS) is 48.5. The van der Waals surface area contributed by atoms with E-state index in [9.17, 15) is 19.5 Å². The summed E-state index contributed by atoms with van der Waals surface area (Å²) >= 11 is 4.22. The minimum atomic E-state index is -2.25. The van der Waals surface area contributed by atoms with Gasteiger partial charge in [0, 0.05) is 29.1 Å². The standard InChI is InChI=1S/C27H36F2O5S/c1-6-20(32)34-14-23(3)13-26(7-2)18-11-17(28)16-10-15(30)8-9-24(16,4)27(18,29)19(31)12-25(26,5)21(23)22(33)35/h8-10,17-19,21,31H,6-7,11-14H2,1-5H3,(H,33,35). The molecule has 0 radical (unpaired) electrons. The number of aliphatic hydroxyl groups excluding tert-OH is 1. The van der Waals surface area contributed by atoms with Gasteiger partial charge in [-0.1, -0.05) is 33.8 Å². The lowest BCUT2D eigenvalue weighted by molar-refractivity contribution is -0.237. The van der Waals surface area contributed by atoms with E-state index < -0.39 is 68.3 Å². The van der Waals surface area contributed by atoms with E-state index >= 15 is 8.78 Å². The summed E-state index contributed by atoms with van der Waals surface area (Å²) in [6.07, 6.45) is 1.52. The molecule has 1 N–H and O–H groups in total. The van der Waals surface area contributed by atoms with Crippen LogP contribution in [0.3, 0.4) is 0 Å². The predicted octanol–water partition coefficient (Wildman–Crippen LogP) is 4.73. The van der Waals surface area contributed by atoms with Crippen LogP contribution in [0.1, 0.15) is 66.7 Å². The lowest BCUT2D eigenvalue weighted by Crippen LogP contribution is -2.71. The molecule has 0 aliphatic heterocycles. The maximum atomic E-state index is 17.6. The van der Waals surface area contributed by atoms with Crippen LogP contribution in [0.2, 0.25) is 0 Å². The highest BCUT2D eigenvalue weighted by molar-refractivity contribution is 7.96. The van der Waals surface area contributed by atoms with E-state index in [-0.39, 0.29) is 31.4 Å². The molecule has 5 nitrogen and oxygen atoms in total. The van der Waals surface area contributed by atoms with E-state index in [1.807, 2.05) is 20.8 Å². The highest BCUT2D eigenvalue weighted by atomic mass is 32.1. The minimum absolute atomic E-state index is 0.0241. The molecule has 0 bridgehead atoms. The van der Waals surface area contributed by atoms with Crippen LogP contribution in [0.25, 0.3) is 0 Å². The molecule has 8 heteroatoms. The fourth-order valence-electron chi connectivity index (χ4n) is 8.84. The van der Waals surface area contributed by atoms with Gasteiger partial charge >= 0.3 is 5.97 Å². The lowest BCUT2D eigenvalue weighted by atomic mass is 9.39. The van der Waals surface area contributed by atoms with Crippen molar-refractivity contribution >= 4 is 29.5 Å². The SMILES string of the molecule is CCC(=O)OCC1(C)CC2(CC)C3CC(F)C4=CC(=O)C=CC4(C)C3(F)C(O)CC2(C)C1C(=O)S. The molecular weight excluding hydrogens is 474 g/mol. The Bertz CT molecular complexity index is 1030. The van der Waals surface area contributed by atoms with E-state index in [1.165, 1.54) is 18.2 Å². The topological polar surface area (TPSA) is 80.7 Å². The van der Waals surface area contributed by atoms with Gasteiger partial charge in [0.25, 0.3) is 0 Å². The molecule has 0 heterocycles. The second-order valence-electron chi connectivity index (χ2n) is 11.8. The van der Waals surface area contributed by atoms with Crippen molar-refractivity contribution in [2.75, 3.05) is 6.61 Å². The Hall–Kier alpha value is -1.54. The molecule has 9 atom stereocenters. The molecule has 3 fully saturated rings. The quantitative estimate of drug-likeness (QED) is 0.413. The molecule has 4 aliphatic carbocycles. The van der Waals surface area contributed by atoms with Crippen LogP contribution in [-0.2, 0) is 19.1 Å². The lowest BCUT2D eigenvalue weighted by Gasteiger charge is -2.67. The van der Waals surface area contributed by atoms with Crippen molar-refractivity contribution in [2.45, 2.75) is 84.7 Å². The maximum absolute atomic E-state index is 17.6. The van der Waals surface area contributed by atoms with Gasteiger partial charge in [-0.15, -0.1) is 12.6 Å². The van der Waals surface area contributed by atoms with Gasteiger partial charge in [-0.05, 0) is 61.2 Å². The number of alkyl halides is 2. The second-order valence-corrected chi connectivity index (χ2v) is 12.3. The minimum Gasteiger partial charge on any atom is -0.465 e. The number of halogens is 2. The summed E-state index contributed by atoms with van der Waals surface area (Å²) < 4.78 is 38.9. The van der Waals surface area contributed by atoms with Crippen molar-refractivity contribution in [3.8, 4) is 0 Å². The van der Waals surface area contributed by atoms with Gasteiger partial charge in [0.15, 0.2) is 16.6 Å². The fourth-order valence-corrected chi connectivity index (χ4v) is 9.43. The number of hydrogen-bond donors (Lipinski definition) is 2. The number of ether oxygens (including phenoxy) is 1. The van der Waals surface area contributed by atoms with Gasteiger partial charge in [-0.2, -0.15) is 0 Å². The van der Waals surface area contributed by atoms with Crippen LogP contribution in [0.15, 0.2) is 23.8 Å². The molecule has 0 aromatic heterocycles. The van der Waals surface area contributed by atoms with Gasteiger partial charge in [0.2, 0.25) is 0 Å². The highest BCUT2D eigenvalue weighted by Crippen LogP contribution is 2.78. The van der Waals surface area contributed by atoms with Crippen molar-refractivity contribution in [1.29, 1.82) is 0 Å². The third kappa shape index (κ3) is 3.24. The van der Waals surface area contributed by atoms with Crippen molar-refractivity contribution in [1.82, 2.24) is 0 Å². The Labute approximate surface area is 211 Å². The van der Waals surface area contributed by atoms with Crippen LogP contribution in [0.5, 0.6) is 0 Å². The molecule has 35 heavy (non-hydrogen) atoms. The zero-order valence-corrected chi connectivity index (χ0v) is 22.0. The molecule has 194 valence electrons. The molecule has 0 aromatic rings. The summed E-state index contributed by atoms with van der Waals surface area (Å²) in [6.45, 7) is 8.86. The number of rotatable bonds is 5. The second kappa shape index (κ2) is 8.23. The molecule has 0 saturated heterocycles. The van der Waals surface area contributed by atoms with Gasteiger partial charge < -0.3 is 9.84 Å². The number of fused-ring (bicyclic) bond motifs is 5. The smallest absolute Gasteiger partial charge is 0.305 e. The van der Waals surface area contributed by atoms with E-state index in [0.717, 1.165) is 0 Å². The number of thiol groups is 1. The molecule has 4 aliphatic rings. The first-order valence-corrected chi connectivity index (χ1v) is 13.0. The average Bonchev–Trinajstić information content (AvgIpc) is 2.99. The van der Waals surface area contributed by atoms with E-state index in [2.05, 4.69) is 12.6 Å². The van der Waals surface area contributed by atoms with Crippen LogP contribution in [0.4, 0.5) is 8.78 Å². The Kier molecular flexibility index (Phi) is 6.24. The van der Waals surface area contributed by atoms with E-state index in [0.29, 0.717) is 12.8 Å². The van der Waals surface area contributed by atoms with Gasteiger partial charge in [-0.25, -0.2) is 8.78 Å². The number of hydrogen-bond acceptors (Lipinski definition) is 5. The zero-order valence-electron chi connectivity index (χ0n) is 21.1. The first kappa shape index (κ1) is 26.5. The molecule has 0 spiro atoms. The molecule has 0 aromatic carbocycles. The van der Waals surface area contributed by atoms with Gasteiger partial charge in [0.05, 0.1) is 12.7 Å². The van der Waals surface area contributed by atoms with Crippen LogP contribution in [0, 0.1) is 33.5 Å². The molecule has 0 amide bonds. The number of aliphatic hydroxyl groups is 1. The molecule has 4 rings (SSSR count). The summed E-state index contributed by atoms with van der Waals surface area (Å²) in [6, 6.07) is 0. The summed E-state index contributed by atoms with van der Waals surface area (Å²) in [7, 11) is 0. The zero-order chi connectivity index (χ0) is 26.2. The van der Waals surface area contributed by atoms with Crippen molar-refractivity contribution in [2.24, 2.45) is 33.5 Å². The van der Waals surface area contributed by atoms with Crippen LogP contribution < -0.4 is 0 Å². The first-order valence-electron chi connectivity index (χ1n) is 12.5. The monoisotopic (exact) mass is 510 g/mol. The summed E-state index contributed by atoms with van der Waals surface area (Å²) in [5.74, 6) is -2.45. The van der Waals surface area contributed by atoms with Crippen molar-refractivity contribution in [3.05, 3.63) is 23.8 Å². The number of carbonyl (C=O) groups excluding carboxylic acids is 3. The number of carbonyl (C=O) groups is 3. The number of allylic oxidation sites excluding steroid dienone is 4. The molecular formula is C27H36F2O5S. The third-order valence-corrected chi connectivity index (χ3v) is 10.5. The Morgan fingerprint density at radius 3 is 2.49 bits per heavy atom. The highest BCUT2D eigenvalue weighted by Gasteiger charge is 2.79. The molecule has 9 unspecified atom stereocenters. The summed E-state index contributed by atoms with van der Waals surface area (Å²) in [4.78, 5) is 37.1. The van der Waals surface area contributed by atoms with Crippen LogP contribution >= 0.6 is 12.6 Å². The van der Waals surface area contributed by atoms with Gasteiger partial charge in [-0.3, -0.25) is 14.4 Å². The fraction of sp³-hybridized carbons (Fsp3) is 0.741. The Balaban J connectivity index is 1.91. The molecule has 3 saturated carbocycles. The number of ketones is 1. The van der Waals surface area contributed by atoms with Crippen molar-refractivity contribution in [3.63, 3.8) is 0 Å². The maximum Gasteiger partial charge on any atom is 0.305 e. The van der Waals surface area contributed by atoms with Crippen molar-refractivity contribution < 1.29 is 33.0 Å². The Morgan fingerprint density at radius 2 is 1.91 bits per heavy atom.